The molecule has 2 N–H and O–H groups in total. The fourth-order valence-electron chi connectivity index (χ4n) is 3.78. The molecule has 0 aliphatic heterocycles. The van der Waals surface area contributed by atoms with Crippen LogP contribution in [0.25, 0.3) is 10.9 Å². The maximum atomic E-state index is 11.3. The number of aromatic nitrogens is 1. The second-order valence-electron chi connectivity index (χ2n) is 5.88. The number of carbonyl (C=O) groups is 1. The van der Waals surface area contributed by atoms with Gasteiger partial charge in [0.25, 0.3) is 0 Å². The summed E-state index contributed by atoms with van der Waals surface area (Å²) in [4.78, 5) is 14.8. The molecule has 20 heavy (non-hydrogen) atoms. The highest BCUT2D eigenvalue weighted by Crippen LogP contribution is 2.46. The Balaban J connectivity index is 2.20. The Hall–Kier alpha value is -1.77. The summed E-state index contributed by atoms with van der Waals surface area (Å²) in [6.07, 6.45) is 4.03. The molecule has 0 saturated carbocycles. The van der Waals surface area contributed by atoms with E-state index in [2.05, 4.69) is 37.0 Å². The highest BCUT2D eigenvalue weighted by molar-refractivity contribution is 5.89. The Kier molecular flexibility index (Phi) is 3.08. The Morgan fingerprint density at radius 3 is 2.85 bits per heavy atom. The molecule has 0 amide bonds. The highest BCUT2D eigenvalue weighted by atomic mass is 16.4. The van der Waals surface area contributed by atoms with Gasteiger partial charge in [0, 0.05) is 22.0 Å². The van der Waals surface area contributed by atoms with Gasteiger partial charge in [0.05, 0.1) is 6.42 Å². The molecule has 0 saturated heterocycles. The minimum Gasteiger partial charge on any atom is -0.481 e. The number of H-pyrrole nitrogens is 1. The van der Waals surface area contributed by atoms with Gasteiger partial charge in [-0.2, -0.15) is 0 Å². The first-order chi connectivity index (χ1) is 9.61. The number of aryl methyl sites for hydroxylation is 2. The molecule has 0 fully saturated rings. The zero-order valence-corrected chi connectivity index (χ0v) is 12.1. The van der Waals surface area contributed by atoms with Crippen molar-refractivity contribution in [3.8, 4) is 0 Å². The largest absolute Gasteiger partial charge is 0.481 e. The normalized spacial score (nSPS) is 21.3. The fourth-order valence-corrected chi connectivity index (χ4v) is 3.78. The van der Waals surface area contributed by atoms with Gasteiger partial charge in [-0.25, -0.2) is 0 Å². The summed E-state index contributed by atoms with van der Waals surface area (Å²) < 4.78 is 0. The van der Waals surface area contributed by atoms with Crippen LogP contribution in [-0.2, 0) is 23.1 Å². The molecule has 0 radical (unpaired) electrons. The summed E-state index contributed by atoms with van der Waals surface area (Å²) in [7, 11) is 0. The zero-order chi connectivity index (χ0) is 14.3. The Morgan fingerprint density at radius 2 is 2.20 bits per heavy atom. The van der Waals surface area contributed by atoms with Gasteiger partial charge < -0.3 is 10.1 Å². The molecular weight excluding hydrogens is 250 g/mol. The van der Waals surface area contributed by atoms with Crippen LogP contribution >= 0.6 is 0 Å². The number of para-hydroxylation sites is 1. The number of nitrogens with one attached hydrogen (secondary N) is 1. The van der Waals surface area contributed by atoms with Crippen LogP contribution in [0.3, 0.4) is 0 Å². The van der Waals surface area contributed by atoms with Crippen LogP contribution in [-0.4, -0.2) is 16.1 Å². The zero-order valence-electron chi connectivity index (χ0n) is 12.1. The van der Waals surface area contributed by atoms with Gasteiger partial charge in [-0.05, 0) is 36.8 Å². The Labute approximate surface area is 119 Å². The number of hydrogen-bond donors (Lipinski definition) is 2. The fraction of sp³-hybridized carbons (Fsp3) is 0.471. The van der Waals surface area contributed by atoms with Crippen molar-refractivity contribution in [2.75, 3.05) is 0 Å². The molecule has 106 valence electrons. The summed E-state index contributed by atoms with van der Waals surface area (Å²) in [6.45, 7) is 4.26. The predicted molar refractivity (Wildman–Crippen MR) is 80.2 cm³/mol. The van der Waals surface area contributed by atoms with Gasteiger partial charge in [-0.1, -0.05) is 32.0 Å². The first kappa shape index (κ1) is 13.2. The van der Waals surface area contributed by atoms with Crippen molar-refractivity contribution in [1.29, 1.82) is 0 Å². The second-order valence-corrected chi connectivity index (χ2v) is 5.88. The molecule has 1 aromatic carbocycles. The molecule has 1 aliphatic carbocycles. The molecule has 1 aromatic heterocycles. The molecule has 1 atom stereocenters. The summed E-state index contributed by atoms with van der Waals surface area (Å²) in [5.41, 5.74) is 4.85. The lowest BCUT2D eigenvalue weighted by Crippen LogP contribution is -2.26. The minimum absolute atomic E-state index is 0.203. The monoisotopic (exact) mass is 271 g/mol. The third-order valence-corrected chi connectivity index (χ3v) is 4.96. The highest BCUT2D eigenvalue weighted by Gasteiger charge is 2.41. The molecule has 0 bridgehead atoms. The van der Waals surface area contributed by atoms with E-state index in [1.54, 1.807) is 0 Å². The predicted octanol–water partition coefficient (Wildman–Crippen LogP) is 3.80. The van der Waals surface area contributed by atoms with Crippen LogP contribution in [0.4, 0.5) is 0 Å². The lowest BCUT2D eigenvalue weighted by atomic mass is 9.79. The molecule has 3 heteroatoms. The summed E-state index contributed by atoms with van der Waals surface area (Å²) in [5.74, 6) is -0.700. The van der Waals surface area contributed by atoms with Gasteiger partial charge in [0.2, 0.25) is 0 Å². The molecule has 1 unspecified atom stereocenters. The Bertz CT molecular complexity index is 671. The molecule has 1 heterocycles. The number of aromatic amines is 1. The topological polar surface area (TPSA) is 53.1 Å². The van der Waals surface area contributed by atoms with E-state index in [1.807, 2.05) is 0 Å². The van der Waals surface area contributed by atoms with Crippen LogP contribution < -0.4 is 0 Å². The molecule has 3 rings (SSSR count). The number of carboxylic acids is 1. The third kappa shape index (κ3) is 1.76. The van der Waals surface area contributed by atoms with Crippen molar-refractivity contribution in [3.05, 3.63) is 35.0 Å². The second kappa shape index (κ2) is 4.65. The van der Waals surface area contributed by atoms with Crippen molar-refractivity contribution < 1.29 is 9.90 Å². The molecule has 3 nitrogen and oxygen atoms in total. The summed E-state index contributed by atoms with van der Waals surface area (Å²) >= 11 is 0. The number of hydrogen-bond acceptors (Lipinski definition) is 1. The first-order valence-corrected chi connectivity index (χ1v) is 7.46. The molecule has 2 aromatic rings. The van der Waals surface area contributed by atoms with Crippen LogP contribution in [0.5, 0.6) is 0 Å². The van der Waals surface area contributed by atoms with E-state index in [9.17, 15) is 9.90 Å². The SMILES string of the molecule is CCc1cccc2c3c([nH]c12)C(CC)(CC(=O)O)CC3. The van der Waals surface area contributed by atoms with Crippen LogP contribution in [0.15, 0.2) is 18.2 Å². The van der Waals surface area contributed by atoms with Crippen LogP contribution in [0.2, 0.25) is 0 Å². The van der Waals surface area contributed by atoms with E-state index in [-0.39, 0.29) is 11.8 Å². The number of aliphatic carboxylic acids is 1. The standard InChI is InChI=1S/C17H21NO2/c1-3-11-6-5-7-12-13-8-9-17(4-2,10-14(19)20)16(13)18-15(11)12/h5-7,18H,3-4,8-10H2,1-2H3,(H,19,20). The van der Waals surface area contributed by atoms with E-state index in [1.165, 1.54) is 27.7 Å². The van der Waals surface area contributed by atoms with Crippen molar-refractivity contribution >= 4 is 16.9 Å². The lowest BCUT2D eigenvalue weighted by Gasteiger charge is -2.26. The van der Waals surface area contributed by atoms with Crippen molar-refractivity contribution in [2.45, 2.75) is 51.4 Å². The average Bonchev–Trinajstić information content (AvgIpc) is 2.96. The molecule has 1 aliphatic rings. The first-order valence-electron chi connectivity index (χ1n) is 7.46. The number of carboxylic acid groups (broad SMARTS) is 1. The van der Waals surface area contributed by atoms with Crippen molar-refractivity contribution in [1.82, 2.24) is 4.98 Å². The van der Waals surface area contributed by atoms with Gasteiger partial charge in [0.1, 0.15) is 0 Å². The van der Waals surface area contributed by atoms with Crippen molar-refractivity contribution in [2.24, 2.45) is 0 Å². The van der Waals surface area contributed by atoms with Gasteiger partial charge in [-0.3, -0.25) is 4.79 Å². The van der Waals surface area contributed by atoms with E-state index < -0.39 is 5.97 Å². The number of rotatable bonds is 4. The minimum atomic E-state index is -0.700. The third-order valence-electron chi connectivity index (χ3n) is 4.96. The maximum absolute atomic E-state index is 11.3. The summed E-state index contributed by atoms with van der Waals surface area (Å²) in [6, 6.07) is 6.42. The van der Waals surface area contributed by atoms with E-state index in [0.29, 0.717) is 0 Å². The number of benzene rings is 1. The summed E-state index contributed by atoms with van der Waals surface area (Å²) in [5, 5.41) is 10.5. The van der Waals surface area contributed by atoms with E-state index in [4.69, 9.17) is 0 Å². The van der Waals surface area contributed by atoms with E-state index in [0.717, 1.165) is 25.7 Å². The van der Waals surface area contributed by atoms with Gasteiger partial charge >= 0.3 is 5.97 Å². The van der Waals surface area contributed by atoms with Crippen molar-refractivity contribution in [3.63, 3.8) is 0 Å². The van der Waals surface area contributed by atoms with Gasteiger partial charge in [0.15, 0.2) is 0 Å². The Morgan fingerprint density at radius 1 is 1.40 bits per heavy atom. The smallest absolute Gasteiger partial charge is 0.304 e. The van der Waals surface area contributed by atoms with Crippen LogP contribution in [0.1, 0.15) is 49.9 Å². The number of fused-ring (bicyclic) bond motifs is 3. The maximum Gasteiger partial charge on any atom is 0.304 e. The quantitative estimate of drug-likeness (QED) is 0.888. The average molecular weight is 271 g/mol. The van der Waals surface area contributed by atoms with Gasteiger partial charge in [-0.15, -0.1) is 0 Å². The van der Waals surface area contributed by atoms with E-state index >= 15 is 0 Å². The lowest BCUT2D eigenvalue weighted by molar-refractivity contribution is -0.138. The molecule has 0 spiro atoms. The molecular formula is C17H21NO2. The van der Waals surface area contributed by atoms with Crippen LogP contribution in [0, 0.1) is 0 Å².